The Morgan fingerprint density at radius 2 is 2.20 bits per heavy atom. The Kier molecular flexibility index (Phi) is 7.26. The van der Waals surface area contributed by atoms with E-state index in [0.29, 0.717) is 0 Å². The summed E-state index contributed by atoms with van der Waals surface area (Å²) < 4.78 is 0. The quantitative estimate of drug-likeness (QED) is 0.419. The monoisotopic (exact) mass is 157 g/mol. The Hall–Kier alpha value is 0.0900. The van der Waals surface area contributed by atoms with Gasteiger partial charge in [0.25, 0.3) is 0 Å². The van der Waals surface area contributed by atoms with Gasteiger partial charge in [-0.05, 0) is 31.9 Å². The van der Waals surface area contributed by atoms with E-state index in [-0.39, 0.29) is 0 Å². The van der Waals surface area contributed by atoms with E-state index in [0.717, 1.165) is 0 Å². The second-order valence-electron chi connectivity index (χ2n) is 2.52. The van der Waals surface area contributed by atoms with E-state index < -0.39 is 0 Å². The summed E-state index contributed by atoms with van der Waals surface area (Å²) in [6, 6.07) is 0. The molecule has 0 aromatic heterocycles. The summed E-state index contributed by atoms with van der Waals surface area (Å²) in [6.07, 6.45) is 3.82. The third-order valence-electron chi connectivity index (χ3n) is 1.28. The first-order valence-corrected chi connectivity index (χ1v) is 4.86. The normalized spacial score (nSPS) is 9.80. The van der Waals surface area contributed by atoms with Gasteiger partial charge in [-0.15, -0.1) is 6.58 Å². The molecule has 1 radical (unpaired) electrons. The van der Waals surface area contributed by atoms with Crippen LogP contribution in [0.25, 0.3) is 0 Å². The van der Waals surface area contributed by atoms with Gasteiger partial charge < -0.3 is 0 Å². The molecule has 0 bridgehead atoms. The summed E-state index contributed by atoms with van der Waals surface area (Å²) in [4.78, 5) is 0. The van der Waals surface area contributed by atoms with E-state index in [2.05, 4.69) is 26.2 Å². The van der Waals surface area contributed by atoms with Gasteiger partial charge in [0.2, 0.25) is 0 Å². The number of thioether (sulfide) groups is 1. The molecule has 0 rings (SSSR count). The van der Waals surface area contributed by atoms with Crippen molar-refractivity contribution in [2.24, 2.45) is 0 Å². The first-order valence-electron chi connectivity index (χ1n) is 3.81. The summed E-state index contributed by atoms with van der Waals surface area (Å²) in [5, 5.41) is 0. The molecule has 0 spiro atoms. The van der Waals surface area contributed by atoms with Crippen molar-refractivity contribution in [2.45, 2.75) is 33.1 Å². The fraction of sp³-hybridized carbons (Fsp3) is 0.667. The van der Waals surface area contributed by atoms with Crippen LogP contribution in [0.4, 0.5) is 0 Å². The summed E-state index contributed by atoms with van der Waals surface area (Å²) in [7, 11) is 0. The molecular formula is C9H17S. The van der Waals surface area contributed by atoms with Gasteiger partial charge in [0.05, 0.1) is 0 Å². The standard InChI is InChI=1S/C9H17S/c1-4-10-8-6-5-7-9(2)3/h4H,2,5-8H2,1,3H3. The minimum Gasteiger partial charge on any atom is -0.158 e. The number of hydrogen-bond donors (Lipinski definition) is 0. The van der Waals surface area contributed by atoms with Gasteiger partial charge in [-0.3, -0.25) is 0 Å². The van der Waals surface area contributed by atoms with Gasteiger partial charge in [0.1, 0.15) is 0 Å². The minimum atomic E-state index is 1.20. The lowest BCUT2D eigenvalue weighted by Crippen LogP contribution is -1.80. The van der Waals surface area contributed by atoms with Crippen LogP contribution in [-0.2, 0) is 0 Å². The Morgan fingerprint density at radius 3 is 2.70 bits per heavy atom. The SMILES string of the molecule is C=C(C)CCCCS[CH]C. The van der Waals surface area contributed by atoms with Crippen LogP contribution in [0.2, 0.25) is 0 Å². The van der Waals surface area contributed by atoms with Crippen LogP contribution in [0.15, 0.2) is 12.2 Å². The zero-order valence-corrected chi connectivity index (χ0v) is 7.84. The van der Waals surface area contributed by atoms with Gasteiger partial charge in [0.15, 0.2) is 0 Å². The Morgan fingerprint density at radius 1 is 1.50 bits per heavy atom. The van der Waals surface area contributed by atoms with Gasteiger partial charge >= 0.3 is 0 Å². The summed E-state index contributed by atoms with van der Waals surface area (Å²) in [5.41, 5.74) is 1.31. The molecule has 0 aromatic carbocycles. The molecule has 0 aliphatic rings. The van der Waals surface area contributed by atoms with Crippen LogP contribution in [0.1, 0.15) is 33.1 Å². The van der Waals surface area contributed by atoms with Crippen LogP contribution in [-0.4, -0.2) is 5.75 Å². The lowest BCUT2D eigenvalue weighted by molar-refractivity contribution is 0.797. The summed E-state index contributed by atoms with van der Waals surface area (Å²) >= 11 is 1.91. The maximum absolute atomic E-state index is 3.86. The van der Waals surface area contributed by atoms with Gasteiger partial charge in [0, 0.05) is 5.75 Å². The number of hydrogen-bond acceptors (Lipinski definition) is 1. The van der Waals surface area contributed by atoms with E-state index in [4.69, 9.17) is 0 Å². The number of unbranched alkanes of at least 4 members (excludes halogenated alkanes) is 1. The molecule has 0 aliphatic heterocycles. The lowest BCUT2D eigenvalue weighted by Gasteiger charge is -1.98. The fourth-order valence-corrected chi connectivity index (χ4v) is 1.34. The van der Waals surface area contributed by atoms with Crippen molar-refractivity contribution >= 4 is 11.8 Å². The van der Waals surface area contributed by atoms with Crippen molar-refractivity contribution < 1.29 is 0 Å². The second kappa shape index (κ2) is 7.20. The smallest absolute Gasteiger partial charge is 0.0135 e. The summed E-state index contributed by atoms with van der Waals surface area (Å²) in [5.74, 6) is 3.42. The molecule has 1 heteroatoms. The van der Waals surface area contributed by atoms with Crippen LogP contribution >= 0.6 is 11.8 Å². The molecule has 0 amide bonds. The predicted molar refractivity (Wildman–Crippen MR) is 51.1 cm³/mol. The highest BCUT2D eigenvalue weighted by atomic mass is 32.2. The van der Waals surface area contributed by atoms with E-state index >= 15 is 0 Å². The van der Waals surface area contributed by atoms with Crippen LogP contribution in [0, 0.1) is 5.75 Å². The first-order chi connectivity index (χ1) is 4.77. The molecule has 0 atom stereocenters. The average Bonchev–Trinajstić information content (AvgIpc) is 1.87. The molecule has 0 saturated heterocycles. The molecule has 0 aliphatic carbocycles. The van der Waals surface area contributed by atoms with Crippen LogP contribution in [0.5, 0.6) is 0 Å². The van der Waals surface area contributed by atoms with Gasteiger partial charge in [-0.25, -0.2) is 0 Å². The van der Waals surface area contributed by atoms with Crippen molar-refractivity contribution in [3.05, 3.63) is 17.9 Å². The highest BCUT2D eigenvalue weighted by molar-refractivity contribution is 8.01. The van der Waals surface area contributed by atoms with E-state index in [1.165, 1.54) is 30.6 Å². The Labute approximate surface area is 69.1 Å². The number of allylic oxidation sites excluding steroid dienone is 1. The molecule has 0 fully saturated rings. The van der Waals surface area contributed by atoms with Gasteiger partial charge in [-0.1, -0.05) is 12.5 Å². The molecular weight excluding hydrogens is 140 g/mol. The topological polar surface area (TPSA) is 0 Å². The molecule has 0 heterocycles. The predicted octanol–water partition coefficient (Wildman–Crippen LogP) is 3.65. The average molecular weight is 157 g/mol. The zero-order valence-electron chi connectivity index (χ0n) is 7.02. The molecule has 59 valence electrons. The van der Waals surface area contributed by atoms with Crippen LogP contribution < -0.4 is 0 Å². The Balaban J connectivity index is 2.84. The zero-order chi connectivity index (χ0) is 7.82. The second-order valence-corrected chi connectivity index (χ2v) is 3.73. The summed E-state index contributed by atoms with van der Waals surface area (Å²) in [6.45, 7) is 8.04. The van der Waals surface area contributed by atoms with Crippen molar-refractivity contribution in [1.82, 2.24) is 0 Å². The largest absolute Gasteiger partial charge is 0.158 e. The molecule has 10 heavy (non-hydrogen) atoms. The van der Waals surface area contributed by atoms with E-state index in [1.54, 1.807) is 0 Å². The Bertz CT molecular complexity index is 86.7. The third-order valence-corrected chi connectivity index (χ3v) is 2.14. The van der Waals surface area contributed by atoms with Crippen molar-refractivity contribution in [2.75, 3.05) is 5.75 Å². The molecule has 0 unspecified atom stereocenters. The highest BCUT2D eigenvalue weighted by Gasteiger charge is 1.88. The molecule has 0 saturated carbocycles. The van der Waals surface area contributed by atoms with Crippen LogP contribution in [0.3, 0.4) is 0 Å². The maximum atomic E-state index is 3.86. The van der Waals surface area contributed by atoms with Crippen molar-refractivity contribution in [3.8, 4) is 0 Å². The highest BCUT2D eigenvalue weighted by Crippen LogP contribution is 2.10. The lowest BCUT2D eigenvalue weighted by atomic mass is 10.2. The third kappa shape index (κ3) is 8.09. The minimum absolute atomic E-state index is 1.20. The molecule has 0 nitrogen and oxygen atoms in total. The van der Waals surface area contributed by atoms with E-state index in [1.807, 2.05) is 11.8 Å². The van der Waals surface area contributed by atoms with Gasteiger partial charge in [-0.2, -0.15) is 11.8 Å². The van der Waals surface area contributed by atoms with Crippen molar-refractivity contribution in [3.63, 3.8) is 0 Å². The number of rotatable bonds is 6. The maximum Gasteiger partial charge on any atom is 0.0135 e. The molecule has 0 aromatic rings. The van der Waals surface area contributed by atoms with E-state index in [9.17, 15) is 0 Å². The molecule has 0 N–H and O–H groups in total. The fourth-order valence-electron chi connectivity index (χ4n) is 0.730. The van der Waals surface area contributed by atoms with Crippen molar-refractivity contribution in [1.29, 1.82) is 0 Å². The first kappa shape index (κ1) is 10.1.